The number of nitrogens with two attached hydrogens (primary N) is 1. The zero-order valence-corrected chi connectivity index (χ0v) is 13.5. The van der Waals surface area contributed by atoms with Crippen molar-refractivity contribution in [1.82, 2.24) is 15.3 Å². The first-order valence-electron chi connectivity index (χ1n) is 7.41. The van der Waals surface area contributed by atoms with Crippen LogP contribution >= 0.6 is 11.6 Å². The number of aromatic nitrogens is 2. The number of aromatic amines is 1. The van der Waals surface area contributed by atoms with Gasteiger partial charge in [-0.2, -0.15) is 0 Å². The Morgan fingerprint density at radius 3 is 2.88 bits per heavy atom. The molecular formula is C17H16ClN5O. The van der Waals surface area contributed by atoms with Gasteiger partial charge in [-0.1, -0.05) is 41.9 Å². The second-order valence-corrected chi connectivity index (χ2v) is 5.65. The molecule has 0 unspecified atom stereocenters. The van der Waals surface area contributed by atoms with E-state index >= 15 is 0 Å². The Balaban J connectivity index is 1.67. The van der Waals surface area contributed by atoms with Gasteiger partial charge < -0.3 is 10.7 Å². The molecule has 122 valence electrons. The number of benzene rings is 2. The van der Waals surface area contributed by atoms with E-state index in [1.165, 1.54) is 6.33 Å². The average Bonchev–Trinajstić information content (AvgIpc) is 3.03. The third-order valence-corrected chi connectivity index (χ3v) is 3.72. The highest BCUT2D eigenvalue weighted by Crippen LogP contribution is 2.21. The highest BCUT2D eigenvalue weighted by Gasteiger charge is 2.14. The molecule has 2 aromatic carbocycles. The lowest BCUT2D eigenvalue weighted by Crippen LogP contribution is -2.37. The molecule has 0 bridgehead atoms. The number of nitrogens with one attached hydrogen (secondary N) is 2. The largest absolute Gasteiger partial charge is 0.370 e. The van der Waals surface area contributed by atoms with E-state index in [1.54, 1.807) is 12.1 Å². The van der Waals surface area contributed by atoms with Crippen LogP contribution in [0.1, 0.15) is 15.9 Å². The van der Waals surface area contributed by atoms with Crippen LogP contribution < -0.4 is 11.1 Å². The Bertz CT molecular complexity index is 888. The van der Waals surface area contributed by atoms with Crippen LogP contribution in [0.15, 0.2) is 53.8 Å². The third-order valence-electron chi connectivity index (χ3n) is 3.50. The first-order valence-corrected chi connectivity index (χ1v) is 7.79. The molecule has 0 fully saturated rings. The second kappa shape index (κ2) is 7.14. The van der Waals surface area contributed by atoms with Gasteiger partial charge in [0.05, 0.1) is 17.4 Å². The van der Waals surface area contributed by atoms with Gasteiger partial charge in [-0.25, -0.2) is 4.98 Å². The average molecular weight is 342 g/mol. The van der Waals surface area contributed by atoms with Crippen molar-refractivity contribution in [3.8, 4) is 0 Å². The lowest BCUT2D eigenvalue weighted by molar-refractivity contribution is 0.0978. The lowest BCUT2D eigenvalue weighted by Gasteiger charge is -2.06. The monoisotopic (exact) mass is 341 g/mol. The molecular weight excluding hydrogens is 326 g/mol. The van der Waals surface area contributed by atoms with Crippen LogP contribution in [0.2, 0.25) is 5.02 Å². The molecule has 3 aromatic rings. The molecule has 0 atom stereocenters. The molecule has 1 amide bonds. The Labute approximate surface area is 143 Å². The summed E-state index contributed by atoms with van der Waals surface area (Å²) in [6.07, 6.45) is 2.26. The van der Waals surface area contributed by atoms with E-state index < -0.39 is 5.91 Å². The van der Waals surface area contributed by atoms with Gasteiger partial charge in [-0.05, 0) is 24.1 Å². The molecule has 0 aliphatic rings. The number of nitrogens with zero attached hydrogens (tertiary/aromatic N) is 2. The van der Waals surface area contributed by atoms with Crippen molar-refractivity contribution >= 4 is 34.5 Å². The highest BCUT2D eigenvalue weighted by molar-refractivity contribution is 6.32. The predicted molar refractivity (Wildman–Crippen MR) is 95.2 cm³/mol. The van der Waals surface area contributed by atoms with Gasteiger partial charge in [0.2, 0.25) is 0 Å². The first kappa shape index (κ1) is 16.0. The maximum atomic E-state index is 12.4. The zero-order valence-electron chi connectivity index (χ0n) is 12.8. The van der Waals surface area contributed by atoms with Crippen molar-refractivity contribution in [2.24, 2.45) is 10.7 Å². The Hall–Kier alpha value is -2.86. The maximum absolute atomic E-state index is 12.4. The van der Waals surface area contributed by atoms with Crippen molar-refractivity contribution in [3.05, 3.63) is 64.9 Å². The van der Waals surface area contributed by atoms with E-state index in [2.05, 4.69) is 20.3 Å². The Kier molecular flexibility index (Phi) is 4.77. The summed E-state index contributed by atoms with van der Waals surface area (Å²) in [5.74, 6) is -0.324. The van der Waals surface area contributed by atoms with E-state index in [0.717, 1.165) is 12.0 Å². The number of H-pyrrole nitrogens is 1. The minimum Gasteiger partial charge on any atom is -0.370 e. The minimum absolute atomic E-state index is 0.0691. The zero-order chi connectivity index (χ0) is 16.9. The molecule has 1 heterocycles. The Morgan fingerprint density at radius 1 is 1.29 bits per heavy atom. The highest BCUT2D eigenvalue weighted by atomic mass is 35.5. The lowest BCUT2D eigenvalue weighted by atomic mass is 10.1. The smallest absolute Gasteiger partial charge is 0.260 e. The number of aliphatic imine (C=N–C) groups is 1. The second-order valence-electron chi connectivity index (χ2n) is 5.21. The quantitative estimate of drug-likeness (QED) is 0.502. The number of hydrogen-bond acceptors (Lipinski definition) is 3. The van der Waals surface area contributed by atoms with Crippen molar-refractivity contribution in [1.29, 1.82) is 0 Å². The number of guanidine groups is 1. The number of amides is 1. The van der Waals surface area contributed by atoms with E-state index in [4.69, 9.17) is 17.3 Å². The van der Waals surface area contributed by atoms with Crippen molar-refractivity contribution in [3.63, 3.8) is 0 Å². The fourth-order valence-corrected chi connectivity index (χ4v) is 2.58. The fourth-order valence-electron chi connectivity index (χ4n) is 2.36. The molecule has 0 saturated carbocycles. The number of imidazole rings is 1. The summed E-state index contributed by atoms with van der Waals surface area (Å²) in [7, 11) is 0. The third kappa shape index (κ3) is 3.72. The fraction of sp³-hybridized carbons (Fsp3) is 0.118. The molecule has 6 nitrogen and oxygen atoms in total. The number of hydrogen-bond donors (Lipinski definition) is 3. The number of rotatable bonds is 4. The number of fused-ring (bicyclic) bond motifs is 1. The molecule has 24 heavy (non-hydrogen) atoms. The Morgan fingerprint density at radius 2 is 2.08 bits per heavy atom. The molecule has 0 saturated heterocycles. The van der Waals surface area contributed by atoms with Gasteiger partial charge in [0.25, 0.3) is 5.91 Å². The van der Waals surface area contributed by atoms with Gasteiger partial charge in [0.15, 0.2) is 5.96 Å². The van der Waals surface area contributed by atoms with Crippen molar-refractivity contribution < 1.29 is 4.79 Å². The number of carbonyl (C=O) groups excluding carboxylic acids is 1. The van der Waals surface area contributed by atoms with E-state index in [1.807, 2.05) is 30.3 Å². The molecule has 7 heteroatoms. The van der Waals surface area contributed by atoms with Crippen LogP contribution in [0.5, 0.6) is 0 Å². The predicted octanol–water partition coefficient (Wildman–Crippen LogP) is 2.50. The van der Waals surface area contributed by atoms with Crippen LogP contribution in [0, 0.1) is 0 Å². The van der Waals surface area contributed by atoms with E-state index in [0.29, 0.717) is 28.2 Å². The van der Waals surface area contributed by atoms with Crippen LogP contribution in [0.3, 0.4) is 0 Å². The van der Waals surface area contributed by atoms with Crippen LogP contribution in [-0.4, -0.2) is 28.4 Å². The topological polar surface area (TPSA) is 96.2 Å². The summed E-state index contributed by atoms with van der Waals surface area (Å²) in [6.45, 7) is 0.490. The summed E-state index contributed by atoms with van der Waals surface area (Å²) < 4.78 is 0. The summed E-state index contributed by atoms with van der Waals surface area (Å²) in [5.41, 5.74) is 8.52. The van der Waals surface area contributed by atoms with Crippen LogP contribution in [0.25, 0.3) is 11.0 Å². The van der Waals surface area contributed by atoms with Crippen LogP contribution in [0.4, 0.5) is 0 Å². The summed E-state index contributed by atoms with van der Waals surface area (Å²) >= 11 is 6.02. The molecule has 0 aliphatic carbocycles. The first-order chi connectivity index (χ1) is 11.6. The number of carbonyl (C=O) groups is 1. The summed E-state index contributed by atoms with van der Waals surface area (Å²) in [4.78, 5) is 23.6. The molecule has 0 aliphatic heterocycles. The molecule has 4 N–H and O–H groups in total. The maximum Gasteiger partial charge on any atom is 0.260 e. The van der Waals surface area contributed by atoms with Gasteiger partial charge >= 0.3 is 0 Å². The normalized spacial score (nSPS) is 11.6. The molecule has 1 aromatic heterocycles. The van der Waals surface area contributed by atoms with Gasteiger partial charge in [-0.15, -0.1) is 0 Å². The molecule has 3 rings (SSSR count). The molecule has 0 spiro atoms. The molecule has 0 radical (unpaired) electrons. The summed E-state index contributed by atoms with van der Waals surface area (Å²) in [6, 6.07) is 13.2. The van der Waals surface area contributed by atoms with Gasteiger partial charge in [0, 0.05) is 11.6 Å². The standard InChI is InChI=1S/C17H16ClN5O/c18-12-8-13(15-14(9-12)21-10-22-15)16(24)23-17(19)20-7-6-11-4-2-1-3-5-11/h1-5,8-10H,6-7H2,(H,21,22)(H3,19,20,23,24). The van der Waals surface area contributed by atoms with E-state index in [-0.39, 0.29) is 5.96 Å². The minimum atomic E-state index is -0.393. The van der Waals surface area contributed by atoms with Crippen molar-refractivity contribution in [2.75, 3.05) is 6.54 Å². The van der Waals surface area contributed by atoms with E-state index in [9.17, 15) is 4.79 Å². The summed E-state index contributed by atoms with van der Waals surface area (Å²) in [5, 5.41) is 3.01. The van der Waals surface area contributed by atoms with Crippen LogP contribution in [-0.2, 0) is 6.42 Å². The number of halogens is 1. The van der Waals surface area contributed by atoms with Gasteiger partial charge in [0.1, 0.15) is 5.52 Å². The SMILES string of the molecule is NC(=NCCc1ccccc1)NC(=O)c1cc(Cl)cc2[nH]cnc12. The van der Waals surface area contributed by atoms with Gasteiger partial charge in [-0.3, -0.25) is 15.1 Å². The van der Waals surface area contributed by atoms with Crippen molar-refractivity contribution in [2.45, 2.75) is 6.42 Å².